The normalized spacial score (nSPS) is 34.2. The van der Waals surface area contributed by atoms with Gasteiger partial charge in [-0.2, -0.15) is 4.18 Å². The second-order valence-electron chi connectivity index (χ2n) is 25.4. The summed E-state index contributed by atoms with van der Waals surface area (Å²) in [5.41, 5.74) is 2.36. The first-order valence-corrected chi connectivity index (χ1v) is 34.7. The van der Waals surface area contributed by atoms with Gasteiger partial charge in [0.1, 0.15) is 0 Å². The molecule has 10 rings (SSSR count). The fourth-order valence-corrected chi connectivity index (χ4v) is 20.6. The Morgan fingerprint density at radius 2 is 1.25 bits per heavy atom. The topological polar surface area (TPSA) is 257 Å². The van der Waals surface area contributed by atoms with Gasteiger partial charge in [-0.25, -0.2) is 18.0 Å². The van der Waals surface area contributed by atoms with Crippen molar-refractivity contribution in [2.24, 2.45) is 57.2 Å². The Labute approximate surface area is 536 Å². The van der Waals surface area contributed by atoms with E-state index in [1.807, 2.05) is 30.2 Å². The second-order valence-corrected chi connectivity index (χ2v) is 30.5. The number of carboxylic acid groups (broad SMARTS) is 1. The number of ketones is 2. The standard InChI is InChI=1S/C24H31ClO5S.C23H30O7.C17H20ClS.CHF3O4S/c1-4-19(28)30-24(21(29)31-13-25)10-8-17-16-6-5-14-11-15(26)7-9-22(14,2)20(16)18(27)12-23(17,24)3;1-4-29-20(28)30-23(19(26)27)10-8-16-15-6-5-13-11-14(24)7-9-21(13,2)18(15)17(25)12-22(16,23)3;1-12-10-17(15(4)14(3)13(12)2)19(11-18)16-8-6-5-7-9-16;2-1(3,4)8-9(5,6)7/h7,9,11,16-18,20,27H,4-6,8,10,12-13H2,1-3H3;7,9,11,15-18,25H,4-6,8,10,12H2,1-3H3,(H,26,27);5-10H,11H2,1-4H3;(H,5,6,7)/q;;+1;/p-1/t16?,17?,18?,20?,22?,23?,24-;15?,16?,17?,18?,21?,22?,23-;;/m00../s1. The van der Waals surface area contributed by atoms with Crippen molar-refractivity contribution in [3.05, 3.63) is 106 Å². The van der Waals surface area contributed by atoms with Crippen LogP contribution in [-0.4, -0.2) is 110 Å². The van der Waals surface area contributed by atoms with E-state index in [1.165, 1.54) is 32.0 Å². The molecule has 0 aliphatic heterocycles. The SMILES string of the molecule is CCC(=O)O[C@]1(C(=O)SCCl)CCC2C3CCC4=CC(=O)C=CC4(C)C3C(O)CC21C.CCOC(=O)O[C@]1(C(=O)O)CCC2C3CCC4=CC(=O)C=CC4(C)C3C(O)CC21C.Cc1cc([S+](CCl)c2ccccc2)c(C)c(C)c1C.O=S(=O)([O-])OC(F)(F)F. The number of thioether (sulfide) groups is 1. The molecule has 24 heteroatoms. The van der Waals surface area contributed by atoms with E-state index in [2.05, 4.69) is 77.9 Å². The van der Waals surface area contributed by atoms with Gasteiger partial charge in [0.25, 0.3) is 0 Å². The van der Waals surface area contributed by atoms with Gasteiger partial charge in [-0.15, -0.1) is 24.8 Å². The fraction of sp³-hybridized carbons (Fsp3) is 0.600. The summed E-state index contributed by atoms with van der Waals surface area (Å²) >= 11 is 13.1. The van der Waals surface area contributed by atoms with Crippen LogP contribution in [-0.2, 0) is 63.7 Å². The lowest BCUT2D eigenvalue weighted by molar-refractivity contribution is -0.275. The van der Waals surface area contributed by atoms with E-state index in [1.54, 1.807) is 38.2 Å². The number of allylic oxidation sites excluding steroid dienone is 8. The number of aryl methyl sites for hydroxylation is 1. The second kappa shape index (κ2) is 27.6. The molecular weight excluding hydrogens is 1260 g/mol. The van der Waals surface area contributed by atoms with Crippen LogP contribution in [0.3, 0.4) is 0 Å². The number of alkyl halides is 5. The highest BCUT2D eigenvalue weighted by atomic mass is 35.5. The number of hydrogen-bond acceptors (Lipinski definition) is 16. The van der Waals surface area contributed by atoms with Crippen molar-refractivity contribution in [2.45, 2.75) is 179 Å². The van der Waals surface area contributed by atoms with Crippen LogP contribution in [0, 0.1) is 84.9 Å². The van der Waals surface area contributed by atoms with Crippen LogP contribution in [0.4, 0.5) is 18.0 Å². The molecule has 6 fully saturated rings. The molecule has 16 nitrogen and oxygen atoms in total. The third kappa shape index (κ3) is 13.9. The van der Waals surface area contributed by atoms with Crippen molar-refractivity contribution in [2.75, 3.05) is 17.0 Å². The average molecular weight is 1340 g/mol. The van der Waals surface area contributed by atoms with Crippen molar-refractivity contribution in [3.63, 3.8) is 0 Å². The van der Waals surface area contributed by atoms with Crippen molar-refractivity contribution < 1.29 is 88.6 Å². The number of halogens is 5. The van der Waals surface area contributed by atoms with Gasteiger partial charge in [-0.3, -0.25) is 19.2 Å². The van der Waals surface area contributed by atoms with E-state index in [9.17, 15) is 57.3 Å². The molecule has 0 saturated heterocycles. The van der Waals surface area contributed by atoms with E-state index in [0.717, 1.165) is 55.0 Å². The smallest absolute Gasteiger partial charge is 0.536 e. The molecule has 2 aromatic carbocycles. The highest BCUT2D eigenvalue weighted by Crippen LogP contribution is 2.70. The van der Waals surface area contributed by atoms with Gasteiger partial charge in [0.15, 0.2) is 32.2 Å². The number of carbonyl (C=O) groups excluding carboxylic acids is 5. The van der Waals surface area contributed by atoms with Crippen LogP contribution in [0.15, 0.2) is 93.8 Å². The Morgan fingerprint density at radius 3 is 1.67 bits per heavy atom. The van der Waals surface area contributed by atoms with Crippen molar-refractivity contribution >= 4 is 91.0 Å². The number of ether oxygens (including phenoxy) is 3. The van der Waals surface area contributed by atoms with Gasteiger partial charge >= 0.3 is 24.5 Å². The van der Waals surface area contributed by atoms with Crippen LogP contribution >= 0.6 is 35.0 Å². The summed E-state index contributed by atoms with van der Waals surface area (Å²) < 4.78 is 78.1. The minimum Gasteiger partial charge on any atom is -0.725 e. The molecule has 13 unspecified atom stereocenters. The van der Waals surface area contributed by atoms with E-state index in [0.29, 0.717) is 24.5 Å². The largest absolute Gasteiger partial charge is 0.725 e. The first-order chi connectivity index (χ1) is 41.5. The van der Waals surface area contributed by atoms with Crippen LogP contribution in [0.1, 0.15) is 134 Å². The molecule has 0 aromatic heterocycles. The van der Waals surface area contributed by atoms with Gasteiger partial charge in [0.05, 0.1) is 34.9 Å². The highest BCUT2D eigenvalue weighted by molar-refractivity contribution is 8.14. The summed E-state index contributed by atoms with van der Waals surface area (Å²) in [7, 11) is -5.69. The molecule has 490 valence electrons. The number of carboxylic acids is 1. The summed E-state index contributed by atoms with van der Waals surface area (Å²) in [5, 5.41) is 33.5. The maximum absolute atomic E-state index is 13.3. The molecule has 3 N–H and O–H groups in total. The Bertz CT molecular complexity index is 3300. The first-order valence-electron chi connectivity index (χ1n) is 29.9. The molecule has 8 aliphatic carbocycles. The lowest BCUT2D eigenvalue weighted by Crippen LogP contribution is -2.62. The molecule has 0 radical (unpaired) electrons. The zero-order valence-corrected chi connectivity index (χ0v) is 55.7. The van der Waals surface area contributed by atoms with E-state index >= 15 is 0 Å². The predicted octanol–water partition coefficient (Wildman–Crippen LogP) is 12.8. The Balaban J connectivity index is 0.000000182. The molecular formula is C65H81Cl2F3O16S3. The first kappa shape index (κ1) is 71.9. The summed E-state index contributed by atoms with van der Waals surface area (Å²) in [6, 6.07) is 12.9. The third-order valence-corrected chi connectivity index (χ3v) is 25.3. The molecule has 0 spiro atoms. The van der Waals surface area contributed by atoms with E-state index < -0.39 is 74.5 Å². The van der Waals surface area contributed by atoms with E-state index in [4.69, 9.17) is 50.4 Å². The molecule has 0 amide bonds. The van der Waals surface area contributed by atoms with Crippen molar-refractivity contribution in [1.82, 2.24) is 0 Å². The number of fused-ring (bicyclic) bond motifs is 10. The number of hydrogen-bond donors (Lipinski definition) is 3. The maximum atomic E-state index is 13.3. The summed E-state index contributed by atoms with van der Waals surface area (Å²) in [6.07, 6.45) is 8.71. The van der Waals surface area contributed by atoms with Crippen molar-refractivity contribution in [1.29, 1.82) is 0 Å². The van der Waals surface area contributed by atoms with Crippen LogP contribution in [0.25, 0.3) is 0 Å². The molecule has 89 heavy (non-hydrogen) atoms. The van der Waals surface area contributed by atoms with Gasteiger partial charge < -0.3 is 34.1 Å². The monoisotopic (exact) mass is 1340 g/mol. The average Bonchev–Trinajstić information content (AvgIpc) is 1.65. The summed E-state index contributed by atoms with van der Waals surface area (Å²) in [5.74, 6) is -1.32. The zero-order chi connectivity index (χ0) is 66.2. The number of benzene rings is 2. The van der Waals surface area contributed by atoms with Crippen molar-refractivity contribution in [3.8, 4) is 0 Å². The number of aliphatic hydroxyl groups is 2. The third-order valence-electron chi connectivity index (χ3n) is 21.2. The molecule has 8 aliphatic rings. The number of aliphatic carboxylic acids is 1. The molecule has 0 heterocycles. The highest BCUT2D eigenvalue weighted by Gasteiger charge is 2.73. The fourth-order valence-electron chi connectivity index (χ4n) is 16.8. The van der Waals surface area contributed by atoms with Crippen LogP contribution in [0.5, 0.6) is 0 Å². The molecule has 0 bridgehead atoms. The molecule has 6 saturated carbocycles. The Hall–Kier alpha value is -4.52. The Morgan fingerprint density at radius 1 is 0.753 bits per heavy atom. The van der Waals surface area contributed by atoms with Gasteiger partial charge in [0.2, 0.25) is 21.1 Å². The summed E-state index contributed by atoms with van der Waals surface area (Å²) in [4.78, 5) is 76.9. The number of esters is 1. The number of rotatable bonds is 11. The Kier molecular flexibility index (Phi) is 22.3. The van der Waals surface area contributed by atoms with Crippen LogP contribution < -0.4 is 0 Å². The maximum Gasteiger partial charge on any atom is 0.536 e. The zero-order valence-electron chi connectivity index (χ0n) is 51.7. The lowest BCUT2D eigenvalue weighted by atomic mass is 9.46. The van der Waals surface area contributed by atoms with Crippen LogP contribution in [0.2, 0.25) is 0 Å². The predicted molar refractivity (Wildman–Crippen MR) is 330 cm³/mol. The molecule has 15 atom stereocenters. The number of carbonyl (C=O) groups is 6. The van der Waals surface area contributed by atoms with Gasteiger partial charge in [0, 0.05) is 45.5 Å². The minimum atomic E-state index is -5.66. The lowest BCUT2D eigenvalue weighted by Gasteiger charge is -2.59. The minimum absolute atomic E-state index is 0.0103. The summed E-state index contributed by atoms with van der Waals surface area (Å²) in [6.45, 7) is 20.3. The van der Waals surface area contributed by atoms with E-state index in [-0.39, 0.29) is 99.6 Å². The number of aliphatic hydroxyl groups excluding tert-OH is 2. The molecule has 2 aromatic rings. The quantitative estimate of drug-likeness (QED) is 0.0621. The van der Waals surface area contributed by atoms with Gasteiger partial charge in [-0.1, -0.05) is 99.5 Å². The van der Waals surface area contributed by atoms with Gasteiger partial charge in [-0.05, 0) is 182 Å².